The van der Waals surface area contributed by atoms with Gasteiger partial charge in [0.1, 0.15) is 5.69 Å². The first-order valence-electron chi connectivity index (χ1n) is 5.52. The molecule has 102 valence electrons. The van der Waals surface area contributed by atoms with Gasteiger partial charge in [0.2, 0.25) is 5.88 Å². The molecule has 7 heteroatoms. The van der Waals surface area contributed by atoms with E-state index in [-0.39, 0.29) is 0 Å². The van der Waals surface area contributed by atoms with E-state index in [1.165, 1.54) is 0 Å². The van der Waals surface area contributed by atoms with Crippen molar-refractivity contribution >= 4 is 65.0 Å². The Balaban J connectivity index is 2.19. The second kappa shape index (κ2) is 5.63. The van der Waals surface area contributed by atoms with Crippen molar-refractivity contribution in [3.63, 3.8) is 0 Å². The van der Waals surface area contributed by atoms with Crippen LogP contribution in [0.2, 0.25) is 0 Å². The molecule has 0 saturated heterocycles. The molecule has 2 N–H and O–H groups in total. The number of rotatable bonds is 2. The van der Waals surface area contributed by atoms with E-state index in [1.54, 1.807) is 11.3 Å². The molecular weight excluding hydrogens is 472 g/mol. The summed E-state index contributed by atoms with van der Waals surface area (Å²) in [5.41, 5.74) is 9.41. The Bertz CT molecular complexity index is 765. The third-order valence-electron chi connectivity index (χ3n) is 2.76. The van der Waals surface area contributed by atoms with E-state index in [0.29, 0.717) is 5.88 Å². The maximum Gasteiger partial charge on any atom is 0.230 e. The van der Waals surface area contributed by atoms with Gasteiger partial charge >= 0.3 is 0 Å². The third kappa shape index (κ3) is 2.59. The van der Waals surface area contributed by atoms with Crippen molar-refractivity contribution in [2.45, 2.75) is 0 Å². The zero-order chi connectivity index (χ0) is 14.3. The highest BCUT2D eigenvalue weighted by Gasteiger charge is 2.20. The summed E-state index contributed by atoms with van der Waals surface area (Å²) in [6.45, 7) is 0. The molecule has 0 fully saturated rings. The lowest BCUT2D eigenvalue weighted by atomic mass is 10.0. The number of hydrogen-bond donors (Lipinski definition) is 1. The van der Waals surface area contributed by atoms with E-state index in [0.717, 1.165) is 34.4 Å². The fourth-order valence-corrected chi connectivity index (χ4v) is 4.95. The van der Waals surface area contributed by atoms with Crippen LogP contribution in [0.15, 0.2) is 46.9 Å². The van der Waals surface area contributed by atoms with Gasteiger partial charge in [-0.2, -0.15) is 0 Å². The van der Waals surface area contributed by atoms with Crippen LogP contribution in [0, 0.1) is 0 Å². The zero-order valence-electron chi connectivity index (χ0n) is 9.86. The molecule has 0 saturated carbocycles. The molecule has 0 aliphatic rings. The number of benzene rings is 1. The molecule has 0 bridgehead atoms. The van der Waals surface area contributed by atoms with Crippen molar-refractivity contribution in [1.82, 2.24) is 5.16 Å². The first-order chi connectivity index (χ1) is 9.56. The highest BCUT2D eigenvalue weighted by molar-refractivity contribution is 9.12. The van der Waals surface area contributed by atoms with Gasteiger partial charge in [-0.25, -0.2) is 0 Å². The molecule has 2 aromatic heterocycles. The van der Waals surface area contributed by atoms with Crippen molar-refractivity contribution in [1.29, 1.82) is 0 Å². The normalized spacial score (nSPS) is 10.9. The van der Waals surface area contributed by atoms with E-state index in [4.69, 9.17) is 10.3 Å². The molecule has 20 heavy (non-hydrogen) atoms. The lowest BCUT2D eigenvalue weighted by Gasteiger charge is -2.02. The van der Waals surface area contributed by atoms with Gasteiger partial charge in [-0.3, -0.25) is 0 Å². The summed E-state index contributed by atoms with van der Waals surface area (Å²) in [6, 6.07) is 9.88. The van der Waals surface area contributed by atoms with Crippen molar-refractivity contribution < 1.29 is 4.52 Å². The Kier molecular flexibility index (Phi) is 4.03. The summed E-state index contributed by atoms with van der Waals surface area (Å²) in [6.07, 6.45) is 0. The summed E-state index contributed by atoms with van der Waals surface area (Å²) in [5, 5.41) is 4.10. The molecule has 0 spiro atoms. The molecule has 0 aliphatic heterocycles. The van der Waals surface area contributed by atoms with Gasteiger partial charge in [0.05, 0.1) is 13.1 Å². The first-order valence-corrected chi connectivity index (χ1v) is 8.72. The summed E-state index contributed by atoms with van der Waals surface area (Å²) in [7, 11) is 0. The fraction of sp³-hybridized carbons (Fsp3) is 0. The van der Waals surface area contributed by atoms with Crippen LogP contribution in [0.1, 0.15) is 0 Å². The van der Waals surface area contributed by atoms with Gasteiger partial charge in [0.25, 0.3) is 0 Å². The highest BCUT2D eigenvalue weighted by atomic mass is 79.9. The predicted octanol–water partition coefficient (Wildman–Crippen LogP) is 5.94. The quantitative estimate of drug-likeness (QED) is 0.496. The summed E-state index contributed by atoms with van der Waals surface area (Å²) < 4.78 is 8.19. The number of thiophene rings is 1. The van der Waals surface area contributed by atoms with Gasteiger partial charge in [0.15, 0.2) is 0 Å². The van der Waals surface area contributed by atoms with Gasteiger partial charge in [0, 0.05) is 10.0 Å². The van der Waals surface area contributed by atoms with E-state index in [1.807, 2.05) is 30.3 Å². The Morgan fingerprint density at radius 1 is 1.10 bits per heavy atom. The number of aromatic nitrogens is 1. The van der Waals surface area contributed by atoms with E-state index in [2.05, 4.69) is 52.9 Å². The van der Waals surface area contributed by atoms with Crippen molar-refractivity contribution in [2.75, 3.05) is 5.73 Å². The highest BCUT2D eigenvalue weighted by Crippen LogP contribution is 2.43. The minimum absolute atomic E-state index is 0.316. The number of hydrogen-bond acceptors (Lipinski definition) is 4. The Morgan fingerprint density at radius 2 is 1.80 bits per heavy atom. The summed E-state index contributed by atoms with van der Waals surface area (Å²) in [5.74, 6) is 0.316. The second-order valence-corrected chi connectivity index (χ2v) is 8.68. The largest absolute Gasteiger partial charge is 0.367 e. The molecule has 3 nitrogen and oxygen atoms in total. The van der Waals surface area contributed by atoms with Crippen LogP contribution in [0.25, 0.3) is 22.4 Å². The Labute approximate surface area is 144 Å². The zero-order valence-corrected chi connectivity index (χ0v) is 15.4. The van der Waals surface area contributed by atoms with Gasteiger partial charge in [-0.05, 0) is 55.6 Å². The van der Waals surface area contributed by atoms with E-state index < -0.39 is 0 Å². The molecule has 0 atom stereocenters. The van der Waals surface area contributed by atoms with Crippen LogP contribution in [0.5, 0.6) is 0 Å². The number of nitrogens with zero attached hydrogens (tertiary/aromatic N) is 1. The molecule has 0 unspecified atom stereocenters. The monoisotopic (exact) mass is 476 g/mol. The van der Waals surface area contributed by atoms with Crippen molar-refractivity contribution in [3.8, 4) is 22.4 Å². The lowest BCUT2D eigenvalue weighted by Crippen LogP contribution is -1.87. The SMILES string of the molecule is Nc1onc(-c2cc(Br)sc2Br)c1-c1ccc(Br)cc1. The van der Waals surface area contributed by atoms with Crippen molar-refractivity contribution in [2.24, 2.45) is 0 Å². The maximum absolute atomic E-state index is 5.94. The molecule has 3 rings (SSSR count). The lowest BCUT2D eigenvalue weighted by molar-refractivity contribution is 0.439. The molecule has 2 heterocycles. The predicted molar refractivity (Wildman–Crippen MR) is 92.8 cm³/mol. The van der Waals surface area contributed by atoms with Crippen LogP contribution in [0.4, 0.5) is 5.88 Å². The van der Waals surface area contributed by atoms with Crippen LogP contribution in [-0.4, -0.2) is 5.16 Å². The molecule has 0 radical (unpaired) electrons. The third-order valence-corrected chi connectivity index (χ3v) is 5.63. The van der Waals surface area contributed by atoms with Gasteiger partial charge < -0.3 is 10.3 Å². The average molecular weight is 479 g/mol. The minimum Gasteiger partial charge on any atom is -0.367 e. The number of anilines is 1. The standard InChI is InChI=1S/C13H7Br3N2OS/c14-7-3-1-6(2-4-7)10-11(18-19-13(10)17)8-5-9(15)20-12(8)16/h1-5H,17H2. The van der Waals surface area contributed by atoms with Crippen LogP contribution in [-0.2, 0) is 0 Å². The second-order valence-electron chi connectivity index (χ2n) is 4.02. The van der Waals surface area contributed by atoms with Gasteiger partial charge in [-0.15, -0.1) is 11.3 Å². The first kappa shape index (κ1) is 14.3. The number of halogens is 3. The Hall–Kier alpha value is -0.630. The van der Waals surface area contributed by atoms with Gasteiger partial charge in [-0.1, -0.05) is 33.2 Å². The summed E-state index contributed by atoms with van der Waals surface area (Å²) in [4.78, 5) is 0. The van der Waals surface area contributed by atoms with E-state index in [9.17, 15) is 0 Å². The topological polar surface area (TPSA) is 52.0 Å². The maximum atomic E-state index is 5.94. The van der Waals surface area contributed by atoms with Crippen LogP contribution in [0.3, 0.4) is 0 Å². The van der Waals surface area contributed by atoms with Crippen LogP contribution < -0.4 is 5.73 Å². The smallest absolute Gasteiger partial charge is 0.230 e. The number of nitrogens with two attached hydrogens (primary N) is 1. The van der Waals surface area contributed by atoms with E-state index >= 15 is 0 Å². The minimum atomic E-state index is 0.316. The molecule has 3 aromatic rings. The molecule has 1 aromatic carbocycles. The summed E-state index contributed by atoms with van der Waals surface area (Å²) >= 11 is 12.0. The fourth-order valence-electron chi connectivity index (χ4n) is 1.88. The Morgan fingerprint density at radius 3 is 2.40 bits per heavy atom. The average Bonchev–Trinajstić information content (AvgIpc) is 2.93. The molecule has 0 aliphatic carbocycles. The van der Waals surface area contributed by atoms with Crippen molar-refractivity contribution in [3.05, 3.63) is 42.4 Å². The number of nitrogen functional groups attached to an aromatic ring is 1. The van der Waals surface area contributed by atoms with Crippen LogP contribution >= 0.6 is 59.1 Å². The molecule has 0 amide bonds. The molecular formula is C13H7Br3N2OS.